The molecule has 0 spiro atoms. The van der Waals surface area contributed by atoms with Crippen molar-refractivity contribution in [2.75, 3.05) is 6.61 Å². The smallest absolute Gasteiger partial charge is 0.347 e. The number of esters is 2. The highest BCUT2D eigenvalue weighted by Gasteiger charge is 2.30. The summed E-state index contributed by atoms with van der Waals surface area (Å²) in [4.78, 5) is 27.0. The van der Waals surface area contributed by atoms with Gasteiger partial charge in [-0.1, -0.05) is 11.6 Å². The third-order valence-corrected chi connectivity index (χ3v) is 2.80. The maximum Gasteiger partial charge on any atom is 0.347 e. The largest absolute Gasteiger partial charge is 0.474 e. The van der Waals surface area contributed by atoms with E-state index in [1.165, 1.54) is 12.3 Å². The van der Waals surface area contributed by atoms with Crippen LogP contribution in [-0.4, -0.2) is 35.7 Å². The Bertz CT molecular complexity index is 531. The summed E-state index contributed by atoms with van der Waals surface area (Å²) in [6.07, 6.45) is 0.728. The van der Waals surface area contributed by atoms with E-state index in [1.807, 2.05) is 13.8 Å². The van der Waals surface area contributed by atoms with Crippen molar-refractivity contribution in [3.8, 4) is 5.88 Å². The molecule has 0 amide bonds. The van der Waals surface area contributed by atoms with Gasteiger partial charge >= 0.3 is 11.9 Å². The molecule has 1 atom stereocenters. The van der Waals surface area contributed by atoms with Gasteiger partial charge in [0.1, 0.15) is 5.02 Å². The van der Waals surface area contributed by atoms with Crippen molar-refractivity contribution >= 4 is 23.5 Å². The minimum atomic E-state index is -0.854. The molecule has 20 heavy (non-hydrogen) atoms. The summed E-state index contributed by atoms with van der Waals surface area (Å²) in [5, 5.41) is 0.210. The highest BCUT2D eigenvalue weighted by Crippen LogP contribution is 2.24. The standard InChI is InChI=1S/C13H14ClNO5/c1-7(2)19-11-9(14)5-8(6-15-11)12(16)20-10-3-4-18-13(10)17/h5-7,10H,3-4H2,1-2H3. The van der Waals surface area contributed by atoms with Gasteiger partial charge < -0.3 is 14.2 Å². The molecule has 0 saturated carbocycles. The average Bonchev–Trinajstić information content (AvgIpc) is 2.77. The van der Waals surface area contributed by atoms with E-state index in [4.69, 9.17) is 25.8 Å². The third-order valence-electron chi connectivity index (χ3n) is 2.53. The Morgan fingerprint density at radius 1 is 1.55 bits per heavy atom. The van der Waals surface area contributed by atoms with Crippen LogP contribution in [0.4, 0.5) is 0 Å². The van der Waals surface area contributed by atoms with E-state index in [9.17, 15) is 9.59 Å². The second kappa shape index (κ2) is 6.09. The van der Waals surface area contributed by atoms with Crippen molar-refractivity contribution in [3.05, 3.63) is 22.8 Å². The molecular weight excluding hydrogens is 286 g/mol. The first kappa shape index (κ1) is 14.6. The van der Waals surface area contributed by atoms with Gasteiger partial charge in [0.05, 0.1) is 18.3 Å². The Balaban J connectivity index is 2.07. The van der Waals surface area contributed by atoms with Crippen molar-refractivity contribution < 1.29 is 23.8 Å². The van der Waals surface area contributed by atoms with Gasteiger partial charge in [-0.15, -0.1) is 0 Å². The second-order valence-corrected chi connectivity index (χ2v) is 4.93. The zero-order valence-corrected chi connectivity index (χ0v) is 11.8. The van der Waals surface area contributed by atoms with E-state index in [1.54, 1.807) is 0 Å². The van der Waals surface area contributed by atoms with Crippen molar-refractivity contribution in [2.24, 2.45) is 0 Å². The maximum atomic E-state index is 11.9. The van der Waals surface area contributed by atoms with Crippen LogP contribution < -0.4 is 4.74 Å². The number of ether oxygens (including phenoxy) is 3. The molecule has 1 aliphatic rings. The number of nitrogens with zero attached hydrogens (tertiary/aromatic N) is 1. The molecule has 1 unspecified atom stereocenters. The molecule has 0 N–H and O–H groups in total. The predicted molar refractivity (Wildman–Crippen MR) is 69.8 cm³/mol. The zero-order chi connectivity index (χ0) is 14.7. The van der Waals surface area contributed by atoms with Crippen molar-refractivity contribution in [2.45, 2.75) is 32.5 Å². The molecular formula is C13H14ClNO5. The highest BCUT2D eigenvalue weighted by molar-refractivity contribution is 6.32. The number of rotatable bonds is 4. The number of carbonyl (C=O) groups excluding carboxylic acids is 2. The maximum absolute atomic E-state index is 11.9. The first-order valence-electron chi connectivity index (χ1n) is 6.17. The third kappa shape index (κ3) is 3.39. The van der Waals surface area contributed by atoms with Crippen molar-refractivity contribution in [1.29, 1.82) is 0 Å². The number of hydrogen-bond donors (Lipinski definition) is 0. The first-order chi connectivity index (χ1) is 9.47. The van der Waals surface area contributed by atoms with Crippen LogP contribution in [0.1, 0.15) is 30.6 Å². The van der Waals surface area contributed by atoms with Gasteiger partial charge in [-0.25, -0.2) is 14.6 Å². The minimum absolute atomic E-state index is 0.0777. The Morgan fingerprint density at radius 2 is 2.30 bits per heavy atom. The molecule has 1 aromatic heterocycles. The van der Waals surface area contributed by atoms with Gasteiger partial charge in [-0.3, -0.25) is 0 Å². The molecule has 0 aliphatic carbocycles. The Labute approximate surface area is 121 Å². The van der Waals surface area contributed by atoms with Crippen LogP contribution >= 0.6 is 11.6 Å². The van der Waals surface area contributed by atoms with Crippen LogP contribution in [0.15, 0.2) is 12.3 Å². The number of carbonyl (C=O) groups is 2. The summed E-state index contributed by atoms with van der Waals surface area (Å²) >= 11 is 5.98. The fourth-order valence-electron chi connectivity index (χ4n) is 1.63. The molecule has 2 heterocycles. The molecule has 7 heteroatoms. The Morgan fingerprint density at radius 3 is 2.85 bits per heavy atom. The quantitative estimate of drug-likeness (QED) is 0.792. The molecule has 1 aliphatic heterocycles. The number of hydrogen-bond acceptors (Lipinski definition) is 6. The van der Waals surface area contributed by atoms with E-state index in [0.717, 1.165) is 0 Å². The molecule has 6 nitrogen and oxygen atoms in total. The minimum Gasteiger partial charge on any atom is -0.474 e. The number of aromatic nitrogens is 1. The summed E-state index contributed by atoms with van der Waals surface area (Å²) in [5.41, 5.74) is 0.158. The molecule has 1 fully saturated rings. The van der Waals surface area contributed by atoms with Crippen LogP contribution in [-0.2, 0) is 14.3 Å². The second-order valence-electron chi connectivity index (χ2n) is 4.53. The van der Waals surface area contributed by atoms with Crippen molar-refractivity contribution in [1.82, 2.24) is 4.98 Å². The molecule has 1 saturated heterocycles. The summed E-state index contributed by atoms with van der Waals surface area (Å²) in [6.45, 7) is 3.94. The lowest BCUT2D eigenvalue weighted by Crippen LogP contribution is -2.22. The normalized spacial score (nSPS) is 18.0. The first-order valence-corrected chi connectivity index (χ1v) is 6.55. The van der Waals surface area contributed by atoms with E-state index in [0.29, 0.717) is 6.42 Å². The molecule has 1 aromatic rings. The fraction of sp³-hybridized carbons (Fsp3) is 0.462. The van der Waals surface area contributed by atoms with Gasteiger partial charge in [-0.05, 0) is 19.9 Å². The number of halogens is 1. The lowest BCUT2D eigenvalue weighted by atomic mass is 10.2. The number of cyclic esters (lactones) is 1. The average molecular weight is 300 g/mol. The van der Waals surface area contributed by atoms with Gasteiger partial charge in [0.25, 0.3) is 0 Å². The van der Waals surface area contributed by atoms with Crippen LogP contribution in [0.5, 0.6) is 5.88 Å². The van der Waals surface area contributed by atoms with Gasteiger partial charge in [0, 0.05) is 12.6 Å². The van der Waals surface area contributed by atoms with Gasteiger partial charge in [0.2, 0.25) is 12.0 Å². The Kier molecular flexibility index (Phi) is 4.44. The highest BCUT2D eigenvalue weighted by atomic mass is 35.5. The molecule has 2 rings (SSSR count). The van der Waals surface area contributed by atoms with E-state index < -0.39 is 18.0 Å². The summed E-state index contributed by atoms with van der Waals surface area (Å²) in [5.74, 6) is -0.949. The zero-order valence-electron chi connectivity index (χ0n) is 11.1. The monoisotopic (exact) mass is 299 g/mol. The van der Waals surface area contributed by atoms with E-state index in [-0.39, 0.29) is 29.2 Å². The van der Waals surface area contributed by atoms with Crippen LogP contribution in [0.2, 0.25) is 5.02 Å². The van der Waals surface area contributed by atoms with Crippen molar-refractivity contribution in [3.63, 3.8) is 0 Å². The van der Waals surface area contributed by atoms with Gasteiger partial charge in [0.15, 0.2) is 0 Å². The number of pyridine rings is 1. The lowest BCUT2D eigenvalue weighted by molar-refractivity contribution is -0.145. The van der Waals surface area contributed by atoms with Crippen LogP contribution in [0.25, 0.3) is 0 Å². The van der Waals surface area contributed by atoms with Crippen LogP contribution in [0, 0.1) is 0 Å². The molecule has 0 aromatic carbocycles. The van der Waals surface area contributed by atoms with E-state index in [2.05, 4.69) is 4.98 Å². The summed E-state index contributed by atoms with van der Waals surface area (Å²) in [6, 6.07) is 1.40. The van der Waals surface area contributed by atoms with Gasteiger partial charge in [-0.2, -0.15) is 0 Å². The SMILES string of the molecule is CC(C)Oc1ncc(C(=O)OC2CCOC2=O)cc1Cl. The Hall–Kier alpha value is -1.82. The fourth-order valence-corrected chi connectivity index (χ4v) is 1.84. The predicted octanol–water partition coefficient (Wildman–Crippen LogP) is 1.99. The lowest BCUT2D eigenvalue weighted by Gasteiger charge is -2.11. The topological polar surface area (TPSA) is 74.7 Å². The van der Waals surface area contributed by atoms with E-state index >= 15 is 0 Å². The molecule has 108 valence electrons. The molecule has 0 bridgehead atoms. The molecule has 0 radical (unpaired) electrons. The van der Waals surface area contributed by atoms with Crippen LogP contribution in [0.3, 0.4) is 0 Å². The summed E-state index contributed by atoms with van der Waals surface area (Å²) < 4.78 is 15.1. The summed E-state index contributed by atoms with van der Waals surface area (Å²) in [7, 11) is 0.